The van der Waals surface area contributed by atoms with E-state index < -0.39 is 0 Å². The van der Waals surface area contributed by atoms with Gasteiger partial charge in [0.05, 0.1) is 19.1 Å². The zero-order valence-electron chi connectivity index (χ0n) is 11.4. The van der Waals surface area contributed by atoms with Crippen LogP contribution in [-0.4, -0.2) is 43.5 Å². The van der Waals surface area contributed by atoms with Gasteiger partial charge < -0.3 is 15.0 Å². The van der Waals surface area contributed by atoms with Gasteiger partial charge in [-0.2, -0.15) is 0 Å². The van der Waals surface area contributed by atoms with Crippen molar-refractivity contribution in [2.45, 2.75) is 19.4 Å². The summed E-state index contributed by atoms with van der Waals surface area (Å²) in [5, 5.41) is 2.75. The van der Waals surface area contributed by atoms with Crippen LogP contribution in [0.3, 0.4) is 0 Å². The average molecular weight is 262 g/mol. The second-order valence-corrected chi connectivity index (χ2v) is 4.82. The van der Waals surface area contributed by atoms with E-state index in [1.165, 1.54) is 0 Å². The number of ether oxygens (including phenoxy) is 1. The Morgan fingerprint density at radius 2 is 2.26 bits per heavy atom. The Kier molecular flexibility index (Phi) is 3.85. The van der Waals surface area contributed by atoms with E-state index >= 15 is 0 Å². The van der Waals surface area contributed by atoms with Crippen LogP contribution in [0.25, 0.3) is 0 Å². The zero-order chi connectivity index (χ0) is 14.0. The van der Waals surface area contributed by atoms with E-state index in [2.05, 4.69) is 5.32 Å². The number of nitrogens with one attached hydrogen (secondary N) is 1. The van der Waals surface area contributed by atoms with Crippen molar-refractivity contribution in [1.29, 1.82) is 0 Å². The maximum Gasteiger partial charge on any atom is 0.253 e. The van der Waals surface area contributed by atoms with Crippen LogP contribution in [0, 0.1) is 0 Å². The Hall–Kier alpha value is -1.88. The molecule has 1 aromatic rings. The van der Waals surface area contributed by atoms with Crippen LogP contribution in [0.2, 0.25) is 0 Å². The predicted molar refractivity (Wildman–Crippen MR) is 72.2 cm³/mol. The first kappa shape index (κ1) is 13.5. The van der Waals surface area contributed by atoms with E-state index in [4.69, 9.17) is 4.74 Å². The summed E-state index contributed by atoms with van der Waals surface area (Å²) < 4.78 is 5.05. The first-order valence-electron chi connectivity index (χ1n) is 6.21. The molecule has 2 amide bonds. The monoisotopic (exact) mass is 262 g/mol. The van der Waals surface area contributed by atoms with Gasteiger partial charge in [-0.1, -0.05) is 6.07 Å². The van der Waals surface area contributed by atoms with Crippen molar-refractivity contribution in [3.05, 3.63) is 29.3 Å². The maximum absolute atomic E-state index is 12.3. The van der Waals surface area contributed by atoms with E-state index in [1.54, 1.807) is 31.2 Å². The summed E-state index contributed by atoms with van der Waals surface area (Å²) in [6.07, 6.45) is 0.389. The Labute approximate surface area is 112 Å². The number of hydrogen-bond acceptors (Lipinski definition) is 3. The molecule has 0 aromatic heterocycles. The lowest BCUT2D eigenvalue weighted by molar-refractivity contribution is -0.115. The molecular formula is C14H18N2O3. The lowest BCUT2D eigenvalue weighted by Crippen LogP contribution is -2.37. The fourth-order valence-corrected chi connectivity index (χ4v) is 2.10. The lowest BCUT2D eigenvalue weighted by atomic mass is 10.1. The fraction of sp³-hybridized carbons (Fsp3) is 0.429. The molecule has 102 valence electrons. The number of benzene rings is 1. The average Bonchev–Trinajstić information content (AvgIpc) is 2.76. The normalized spacial score (nSPS) is 14.8. The Morgan fingerprint density at radius 1 is 1.53 bits per heavy atom. The molecule has 2 rings (SSSR count). The predicted octanol–water partition coefficient (Wildman–Crippen LogP) is 1.29. The highest BCUT2D eigenvalue weighted by Crippen LogP contribution is 2.24. The third-order valence-corrected chi connectivity index (χ3v) is 3.37. The molecule has 1 aliphatic heterocycles. The highest BCUT2D eigenvalue weighted by Gasteiger charge is 2.22. The van der Waals surface area contributed by atoms with Crippen LogP contribution in [-0.2, 0) is 16.0 Å². The molecule has 5 nitrogen and oxygen atoms in total. The van der Waals surface area contributed by atoms with Crippen LogP contribution in [0.4, 0.5) is 5.69 Å². The number of hydrogen-bond donors (Lipinski definition) is 1. The van der Waals surface area contributed by atoms with E-state index in [-0.39, 0.29) is 17.9 Å². The highest BCUT2D eigenvalue weighted by molar-refractivity contribution is 6.02. The summed E-state index contributed by atoms with van der Waals surface area (Å²) in [5.74, 6) is -0.103. The molecule has 1 unspecified atom stereocenters. The molecule has 1 aliphatic rings. The van der Waals surface area contributed by atoms with Gasteiger partial charge in [0.15, 0.2) is 0 Å². The van der Waals surface area contributed by atoms with E-state index in [0.717, 1.165) is 11.3 Å². The van der Waals surface area contributed by atoms with Crippen molar-refractivity contribution in [3.8, 4) is 0 Å². The smallest absolute Gasteiger partial charge is 0.253 e. The van der Waals surface area contributed by atoms with Crippen molar-refractivity contribution in [2.24, 2.45) is 0 Å². The summed E-state index contributed by atoms with van der Waals surface area (Å²) in [4.78, 5) is 25.2. The topological polar surface area (TPSA) is 58.6 Å². The molecule has 0 bridgehead atoms. The van der Waals surface area contributed by atoms with Crippen molar-refractivity contribution in [3.63, 3.8) is 0 Å². The van der Waals surface area contributed by atoms with Gasteiger partial charge in [0.1, 0.15) is 0 Å². The third kappa shape index (κ3) is 2.76. The summed E-state index contributed by atoms with van der Waals surface area (Å²) in [6, 6.07) is 5.33. The molecule has 1 atom stereocenters. The van der Waals surface area contributed by atoms with Gasteiger partial charge in [-0.05, 0) is 24.6 Å². The lowest BCUT2D eigenvalue weighted by Gasteiger charge is -2.24. The van der Waals surface area contributed by atoms with Crippen LogP contribution in [0.5, 0.6) is 0 Å². The van der Waals surface area contributed by atoms with Gasteiger partial charge in [-0.15, -0.1) is 0 Å². The number of rotatable bonds is 4. The number of anilines is 1. The first-order chi connectivity index (χ1) is 9.02. The minimum atomic E-state index is -0.0755. The summed E-state index contributed by atoms with van der Waals surface area (Å²) in [7, 11) is 3.36. The molecule has 5 heteroatoms. The van der Waals surface area contributed by atoms with Gasteiger partial charge in [0, 0.05) is 25.4 Å². The molecule has 0 saturated carbocycles. The molecule has 1 aromatic carbocycles. The van der Waals surface area contributed by atoms with E-state index in [9.17, 15) is 9.59 Å². The Morgan fingerprint density at radius 3 is 2.95 bits per heavy atom. The molecule has 1 N–H and O–H groups in total. The second-order valence-electron chi connectivity index (χ2n) is 4.82. The Balaban J connectivity index is 2.16. The number of nitrogens with zero attached hydrogens (tertiary/aromatic N) is 1. The molecule has 0 aliphatic carbocycles. The van der Waals surface area contributed by atoms with Crippen LogP contribution in [0.1, 0.15) is 22.8 Å². The van der Waals surface area contributed by atoms with Crippen molar-refractivity contribution < 1.29 is 14.3 Å². The molecule has 1 heterocycles. The molecule has 0 saturated heterocycles. The summed E-state index contributed by atoms with van der Waals surface area (Å²) in [6.45, 7) is 2.42. The zero-order valence-corrected chi connectivity index (χ0v) is 11.4. The summed E-state index contributed by atoms with van der Waals surface area (Å²) in [5.41, 5.74) is 2.25. The van der Waals surface area contributed by atoms with Crippen LogP contribution >= 0.6 is 0 Å². The van der Waals surface area contributed by atoms with Crippen molar-refractivity contribution in [2.75, 3.05) is 26.1 Å². The molecule has 0 fully saturated rings. The second kappa shape index (κ2) is 5.40. The van der Waals surface area contributed by atoms with Gasteiger partial charge >= 0.3 is 0 Å². The van der Waals surface area contributed by atoms with Gasteiger partial charge in [-0.3, -0.25) is 9.59 Å². The third-order valence-electron chi connectivity index (χ3n) is 3.37. The molecular weight excluding hydrogens is 244 g/mol. The minimum absolute atomic E-state index is 0.000320. The largest absolute Gasteiger partial charge is 0.383 e. The van der Waals surface area contributed by atoms with Crippen molar-refractivity contribution in [1.82, 2.24) is 4.90 Å². The standard InChI is InChI=1S/C14H18N2O3/c1-9(8-19-3)16(2)14(18)11-5-4-10-7-13(17)15-12(10)6-11/h4-6,9H,7-8H2,1-3H3,(H,15,17). The number of carbonyl (C=O) groups is 2. The van der Waals surface area contributed by atoms with Gasteiger partial charge in [0.25, 0.3) is 5.91 Å². The molecule has 19 heavy (non-hydrogen) atoms. The minimum Gasteiger partial charge on any atom is -0.383 e. The maximum atomic E-state index is 12.3. The molecule has 0 radical (unpaired) electrons. The van der Waals surface area contributed by atoms with Gasteiger partial charge in [0.2, 0.25) is 5.91 Å². The van der Waals surface area contributed by atoms with E-state index in [0.29, 0.717) is 18.6 Å². The summed E-state index contributed by atoms with van der Waals surface area (Å²) >= 11 is 0. The number of likely N-dealkylation sites (N-methyl/N-ethyl adjacent to an activating group) is 1. The number of methoxy groups -OCH3 is 1. The Bertz CT molecular complexity index is 513. The quantitative estimate of drug-likeness (QED) is 0.889. The van der Waals surface area contributed by atoms with Crippen molar-refractivity contribution >= 4 is 17.5 Å². The molecule has 0 spiro atoms. The first-order valence-corrected chi connectivity index (χ1v) is 6.21. The van der Waals surface area contributed by atoms with Gasteiger partial charge in [-0.25, -0.2) is 0 Å². The van der Waals surface area contributed by atoms with E-state index in [1.807, 2.05) is 13.0 Å². The SMILES string of the molecule is COCC(C)N(C)C(=O)c1ccc2c(c1)NC(=O)C2. The number of carbonyl (C=O) groups excluding carboxylic acids is 2. The van der Waals surface area contributed by atoms with Crippen LogP contribution in [0.15, 0.2) is 18.2 Å². The highest BCUT2D eigenvalue weighted by atomic mass is 16.5. The van der Waals surface area contributed by atoms with Crippen LogP contribution < -0.4 is 5.32 Å². The number of amides is 2. The number of fused-ring (bicyclic) bond motifs is 1. The fourth-order valence-electron chi connectivity index (χ4n) is 2.10.